The minimum absolute atomic E-state index is 0.446. The quantitative estimate of drug-likeness (QED) is 0.448. The Morgan fingerprint density at radius 2 is 1.88 bits per heavy atom. The number of diazo groups is 1. The van der Waals surface area contributed by atoms with E-state index >= 15 is 0 Å². The van der Waals surface area contributed by atoms with Crippen LogP contribution in [-0.2, 0) is 0 Å². The zero-order valence-corrected chi connectivity index (χ0v) is 10.4. The zero-order chi connectivity index (χ0) is 13.6. The second-order valence-electron chi connectivity index (χ2n) is 2.68. The van der Waals surface area contributed by atoms with Crippen LogP contribution in [0, 0.1) is 12.3 Å². The largest absolute Gasteiger partial charge is 0.673 e. The van der Waals surface area contributed by atoms with Gasteiger partial charge in [0, 0.05) is 0 Å². The lowest BCUT2D eigenvalue weighted by Crippen LogP contribution is -2.02. The highest BCUT2D eigenvalue weighted by atomic mass is 79.9. The summed E-state index contributed by atoms with van der Waals surface area (Å²) in [4.78, 5) is 7.08. The van der Waals surface area contributed by atoms with E-state index < -0.39 is 7.25 Å². The number of halogens is 5. The molecule has 0 bridgehead atoms. The molecule has 17 heavy (non-hydrogen) atoms. The highest BCUT2D eigenvalue weighted by molar-refractivity contribution is 9.10. The molecule has 0 saturated carbocycles. The normalized spacial score (nSPS) is 10.0. The van der Waals surface area contributed by atoms with Gasteiger partial charge in [0.2, 0.25) is 11.3 Å². The molecule has 0 unspecified atom stereocenters. The molecule has 0 spiro atoms. The van der Waals surface area contributed by atoms with Gasteiger partial charge < -0.3 is 22.0 Å². The lowest BCUT2D eigenvalue weighted by atomic mass is 10.2. The number of hydrogen-bond donors (Lipinski definition) is 0. The summed E-state index contributed by atoms with van der Waals surface area (Å²) >= 11 is 3.20. The SMILES string of the molecule is COc1ncc(Br)c([N+]#N)c1C.F[B-](F)(F)F. The van der Waals surface area contributed by atoms with Crippen molar-refractivity contribution in [3.8, 4) is 5.88 Å². The molecule has 0 saturated heterocycles. The van der Waals surface area contributed by atoms with E-state index in [1.165, 1.54) is 13.3 Å². The molecule has 0 aromatic carbocycles. The Labute approximate surface area is 103 Å². The first-order valence-corrected chi connectivity index (χ1v) is 4.91. The van der Waals surface area contributed by atoms with Crippen LogP contribution in [0.5, 0.6) is 5.88 Å². The van der Waals surface area contributed by atoms with Gasteiger partial charge in [-0.15, -0.1) is 0 Å². The Balaban J connectivity index is 0.000000437. The van der Waals surface area contributed by atoms with Crippen molar-refractivity contribution in [3.63, 3.8) is 0 Å². The second kappa shape index (κ2) is 6.39. The van der Waals surface area contributed by atoms with Gasteiger partial charge in [-0.25, -0.2) is 4.98 Å². The Hall–Kier alpha value is -1.37. The highest BCUT2D eigenvalue weighted by Gasteiger charge is 2.21. The van der Waals surface area contributed by atoms with E-state index in [1.54, 1.807) is 6.92 Å². The number of nitrogens with zero attached hydrogens (tertiary/aromatic N) is 3. The van der Waals surface area contributed by atoms with E-state index in [1.807, 2.05) is 0 Å². The monoisotopic (exact) mass is 315 g/mol. The van der Waals surface area contributed by atoms with Crippen molar-refractivity contribution in [2.75, 3.05) is 7.11 Å². The number of ether oxygens (including phenoxy) is 1. The van der Waals surface area contributed by atoms with E-state index in [9.17, 15) is 17.3 Å². The zero-order valence-electron chi connectivity index (χ0n) is 8.79. The maximum atomic E-state index is 9.75. The Morgan fingerprint density at radius 3 is 2.24 bits per heavy atom. The molecule has 0 aliphatic carbocycles. The molecule has 0 fully saturated rings. The fourth-order valence-electron chi connectivity index (χ4n) is 0.882. The van der Waals surface area contributed by atoms with Crippen LogP contribution in [-0.4, -0.2) is 19.3 Å². The maximum absolute atomic E-state index is 9.75. The molecule has 4 nitrogen and oxygen atoms in total. The van der Waals surface area contributed by atoms with Crippen LogP contribution in [0.4, 0.5) is 23.0 Å². The average Bonchev–Trinajstić information content (AvgIpc) is 2.16. The predicted molar refractivity (Wildman–Crippen MR) is 58.2 cm³/mol. The lowest BCUT2D eigenvalue weighted by molar-refractivity contribution is 0.368. The number of methoxy groups -OCH3 is 1. The fraction of sp³-hybridized carbons (Fsp3) is 0.286. The molecule has 0 amide bonds. The van der Waals surface area contributed by atoms with E-state index in [2.05, 4.69) is 25.9 Å². The molecule has 0 aliphatic heterocycles. The summed E-state index contributed by atoms with van der Waals surface area (Å²) in [6.45, 7) is 1.77. The Kier molecular flexibility index (Phi) is 5.88. The van der Waals surface area contributed by atoms with Crippen molar-refractivity contribution >= 4 is 28.9 Å². The molecular formula is C7H7BBrF4N3O. The third-order valence-electron chi connectivity index (χ3n) is 1.49. The first-order valence-electron chi connectivity index (χ1n) is 4.12. The van der Waals surface area contributed by atoms with Gasteiger partial charge in [0.1, 0.15) is 10.0 Å². The molecule has 1 heterocycles. The molecule has 0 radical (unpaired) electrons. The summed E-state index contributed by atoms with van der Waals surface area (Å²) in [5, 5.41) is 8.63. The smallest absolute Gasteiger partial charge is 0.481 e. The van der Waals surface area contributed by atoms with Gasteiger partial charge in [-0.3, -0.25) is 0 Å². The fourth-order valence-corrected chi connectivity index (χ4v) is 1.36. The van der Waals surface area contributed by atoms with E-state index in [4.69, 9.17) is 10.1 Å². The number of aromatic nitrogens is 1. The third-order valence-corrected chi connectivity index (χ3v) is 2.07. The maximum Gasteiger partial charge on any atom is 0.673 e. The lowest BCUT2D eigenvalue weighted by Gasteiger charge is -1.99. The summed E-state index contributed by atoms with van der Waals surface area (Å²) in [5.74, 6) is 0.464. The van der Waals surface area contributed by atoms with Gasteiger partial charge in [-0.2, -0.15) is 0 Å². The minimum atomic E-state index is -6.00. The van der Waals surface area contributed by atoms with Crippen molar-refractivity contribution < 1.29 is 22.0 Å². The van der Waals surface area contributed by atoms with Gasteiger partial charge in [-0.05, 0) is 22.9 Å². The Morgan fingerprint density at radius 1 is 1.41 bits per heavy atom. The second-order valence-corrected chi connectivity index (χ2v) is 3.54. The van der Waals surface area contributed by atoms with Crippen molar-refractivity contribution in [3.05, 3.63) is 21.2 Å². The van der Waals surface area contributed by atoms with Gasteiger partial charge in [0.15, 0.2) is 4.98 Å². The summed E-state index contributed by atoms with van der Waals surface area (Å²) in [5.41, 5.74) is 1.15. The van der Waals surface area contributed by atoms with Crippen molar-refractivity contribution in [1.29, 1.82) is 5.39 Å². The predicted octanol–water partition coefficient (Wildman–Crippen LogP) is 3.95. The molecule has 1 aromatic rings. The average molecular weight is 316 g/mol. The summed E-state index contributed by atoms with van der Waals surface area (Å²) in [7, 11) is -4.48. The minimum Gasteiger partial charge on any atom is -0.481 e. The Bertz CT molecular complexity index is 428. The van der Waals surface area contributed by atoms with Crippen LogP contribution in [0.15, 0.2) is 10.7 Å². The van der Waals surface area contributed by atoms with Gasteiger partial charge in [-0.1, -0.05) is 0 Å². The van der Waals surface area contributed by atoms with E-state index in [0.717, 1.165) is 0 Å². The number of pyridine rings is 1. The van der Waals surface area contributed by atoms with E-state index in [0.29, 0.717) is 21.6 Å². The topological polar surface area (TPSA) is 50.3 Å². The van der Waals surface area contributed by atoms with Crippen LogP contribution in [0.2, 0.25) is 0 Å². The van der Waals surface area contributed by atoms with Crippen molar-refractivity contribution in [2.45, 2.75) is 6.92 Å². The van der Waals surface area contributed by atoms with Gasteiger partial charge >= 0.3 is 12.9 Å². The van der Waals surface area contributed by atoms with Gasteiger partial charge in [0.25, 0.3) is 0 Å². The molecule has 1 rings (SSSR count). The molecule has 10 heteroatoms. The van der Waals surface area contributed by atoms with Crippen LogP contribution >= 0.6 is 15.9 Å². The van der Waals surface area contributed by atoms with Crippen LogP contribution in [0.25, 0.3) is 4.98 Å². The van der Waals surface area contributed by atoms with Crippen LogP contribution in [0.3, 0.4) is 0 Å². The summed E-state index contributed by atoms with van der Waals surface area (Å²) < 4.78 is 44.6. The molecule has 0 atom stereocenters. The number of hydrogen-bond acceptors (Lipinski definition) is 3. The van der Waals surface area contributed by atoms with Crippen molar-refractivity contribution in [2.24, 2.45) is 0 Å². The molecule has 0 aliphatic rings. The highest BCUT2D eigenvalue weighted by Crippen LogP contribution is 2.32. The third kappa shape index (κ3) is 6.06. The van der Waals surface area contributed by atoms with E-state index in [-0.39, 0.29) is 0 Å². The first-order chi connectivity index (χ1) is 7.70. The van der Waals surface area contributed by atoms with Gasteiger partial charge in [0.05, 0.1) is 13.3 Å². The molecular weight excluding hydrogens is 309 g/mol. The summed E-state index contributed by atoms with van der Waals surface area (Å²) in [6, 6.07) is 0. The first kappa shape index (κ1) is 15.6. The molecule has 94 valence electrons. The molecule has 0 N–H and O–H groups in total. The summed E-state index contributed by atoms with van der Waals surface area (Å²) in [6.07, 6.45) is 1.53. The number of rotatable bonds is 1. The van der Waals surface area contributed by atoms with Crippen LogP contribution < -0.4 is 4.74 Å². The molecule has 1 aromatic heterocycles. The standard InChI is InChI=1S/C7H7BrN3O.BF4/c1-4-6(11-9)5(8)3-10-7(4)12-2;2-1(3,4)5/h3H,1-2H3;/q+1;-1. The van der Waals surface area contributed by atoms with Crippen LogP contribution in [0.1, 0.15) is 5.56 Å². The van der Waals surface area contributed by atoms with Crippen molar-refractivity contribution in [1.82, 2.24) is 4.98 Å².